The minimum Gasteiger partial charge on any atom is -0.494 e. The van der Waals surface area contributed by atoms with Crippen LogP contribution in [-0.4, -0.2) is 19.1 Å². The van der Waals surface area contributed by atoms with E-state index in [-0.39, 0.29) is 5.57 Å². The molecule has 5 nitrogen and oxygen atoms in total. The molecule has 0 radical (unpaired) electrons. The first-order valence-electron chi connectivity index (χ1n) is 9.46. The van der Waals surface area contributed by atoms with Gasteiger partial charge in [-0.25, -0.2) is 0 Å². The summed E-state index contributed by atoms with van der Waals surface area (Å²) in [6.45, 7) is 4.80. The van der Waals surface area contributed by atoms with Crippen LogP contribution in [0.25, 0.3) is 16.8 Å². The fourth-order valence-corrected chi connectivity index (χ4v) is 3.03. The maximum atomic E-state index is 12.7. The smallest absolute Gasteiger partial charge is 0.266 e. The lowest BCUT2D eigenvalue weighted by molar-refractivity contribution is -0.112. The summed E-state index contributed by atoms with van der Waals surface area (Å²) in [5.74, 6) is 0.794. The Labute approximate surface area is 170 Å². The van der Waals surface area contributed by atoms with Crippen molar-refractivity contribution >= 4 is 28.4 Å². The van der Waals surface area contributed by atoms with E-state index in [0.717, 1.165) is 10.8 Å². The molecule has 0 aliphatic rings. The van der Waals surface area contributed by atoms with Crippen molar-refractivity contribution in [2.24, 2.45) is 0 Å². The van der Waals surface area contributed by atoms with Crippen LogP contribution in [0, 0.1) is 11.3 Å². The van der Waals surface area contributed by atoms with E-state index in [1.807, 2.05) is 62.4 Å². The van der Waals surface area contributed by atoms with Gasteiger partial charge < -0.3 is 14.8 Å². The van der Waals surface area contributed by atoms with Crippen LogP contribution in [0.2, 0.25) is 0 Å². The number of amides is 1. The number of carbonyl (C=O) groups is 1. The van der Waals surface area contributed by atoms with Crippen molar-refractivity contribution in [3.8, 4) is 17.6 Å². The van der Waals surface area contributed by atoms with E-state index in [4.69, 9.17) is 9.47 Å². The second kappa shape index (κ2) is 9.43. The number of nitrogens with one attached hydrogen (secondary N) is 1. The van der Waals surface area contributed by atoms with Gasteiger partial charge in [0.1, 0.15) is 23.1 Å². The number of nitrogens with zero attached hydrogens (tertiary/aromatic N) is 1. The van der Waals surface area contributed by atoms with Gasteiger partial charge in [0.2, 0.25) is 0 Å². The minimum absolute atomic E-state index is 0.0101. The topological polar surface area (TPSA) is 71.3 Å². The zero-order valence-corrected chi connectivity index (χ0v) is 16.4. The van der Waals surface area contributed by atoms with Gasteiger partial charge in [0.25, 0.3) is 5.91 Å². The van der Waals surface area contributed by atoms with Crippen molar-refractivity contribution in [3.05, 3.63) is 71.8 Å². The Balaban J connectivity index is 1.97. The molecule has 0 bridgehead atoms. The maximum absolute atomic E-state index is 12.7. The zero-order valence-electron chi connectivity index (χ0n) is 16.4. The number of anilines is 1. The van der Waals surface area contributed by atoms with Gasteiger partial charge in [-0.2, -0.15) is 5.26 Å². The van der Waals surface area contributed by atoms with Crippen molar-refractivity contribution in [1.29, 1.82) is 5.26 Å². The summed E-state index contributed by atoms with van der Waals surface area (Å²) in [6, 6.07) is 20.7. The van der Waals surface area contributed by atoms with Gasteiger partial charge in [-0.1, -0.05) is 36.4 Å². The van der Waals surface area contributed by atoms with E-state index < -0.39 is 5.91 Å². The van der Waals surface area contributed by atoms with Crippen molar-refractivity contribution in [3.63, 3.8) is 0 Å². The molecule has 0 fully saturated rings. The molecular weight excluding hydrogens is 364 g/mol. The molecule has 0 aliphatic heterocycles. The molecule has 0 atom stereocenters. The molecule has 0 heterocycles. The Morgan fingerprint density at radius 3 is 2.59 bits per heavy atom. The lowest BCUT2D eigenvalue weighted by Gasteiger charge is -2.11. The molecule has 0 aliphatic carbocycles. The number of hydrogen-bond donors (Lipinski definition) is 1. The number of nitriles is 1. The second-order valence-corrected chi connectivity index (χ2v) is 6.22. The Hall–Kier alpha value is -3.78. The minimum atomic E-state index is -0.489. The Morgan fingerprint density at radius 2 is 1.83 bits per heavy atom. The van der Waals surface area contributed by atoms with E-state index >= 15 is 0 Å². The Bertz CT molecular complexity index is 1100. The number of fused-ring (bicyclic) bond motifs is 1. The van der Waals surface area contributed by atoms with Gasteiger partial charge in [0.05, 0.1) is 13.2 Å². The standard InChI is InChI=1S/C24H22N2O3/c1-3-28-20-10-7-9-19(15-20)26-24(27)18(16-25)14-22-21-11-6-5-8-17(21)12-13-23(22)29-4-2/h5-15H,3-4H2,1-2H3,(H,26,27)/b18-14+. The summed E-state index contributed by atoms with van der Waals surface area (Å²) in [4.78, 5) is 12.7. The summed E-state index contributed by atoms with van der Waals surface area (Å²) in [6.07, 6.45) is 1.58. The van der Waals surface area contributed by atoms with Crippen molar-refractivity contribution in [2.45, 2.75) is 13.8 Å². The van der Waals surface area contributed by atoms with Gasteiger partial charge in [-0.05, 0) is 48.9 Å². The maximum Gasteiger partial charge on any atom is 0.266 e. The predicted octanol–water partition coefficient (Wildman–Crippen LogP) is 5.18. The van der Waals surface area contributed by atoms with Crippen molar-refractivity contribution in [2.75, 3.05) is 18.5 Å². The Kier molecular flexibility index (Phi) is 6.49. The molecule has 1 amide bonds. The number of carbonyl (C=O) groups excluding carboxylic acids is 1. The van der Waals surface area contributed by atoms with Crippen LogP contribution in [0.5, 0.6) is 11.5 Å². The summed E-state index contributed by atoms with van der Waals surface area (Å²) in [5.41, 5.74) is 1.26. The number of benzene rings is 3. The molecule has 0 unspecified atom stereocenters. The third-order valence-corrected chi connectivity index (χ3v) is 4.29. The van der Waals surface area contributed by atoms with Crippen LogP contribution in [0.15, 0.2) is 66.2 Å². The lowest BCUT2D eigenvalue weighted by Crippen LogP contribution is -2.13. The molecule has 146 valence electrons. The van der Waals surface area contributed by atoms with Gasteiger partial charge >= 0.3 is 0 Å². The molecule has 3 rings (SSSR count). The monoisotopic (exact) mass is 386 g/mol. The zero-order chi connectivity index (χ0) is 20.6. The molecule has 3 aromatic carbocycles. The lowest BCUT2D eigenvalue weighted by atomic mass is 10.0. The van der Waals surface area contributed by atoms with E-state index in [1.54, 1.807) is 24.3 Å². The van der Waals surface area contributed by atoms with Crippen LogP contribution in [0.1, 0.15) is 19.4 Å². The largest absolute Gasteiger partial charge is 0.494 e. The van der Waals surface area contributed by atoms with Gasteiger partial charge in [0, 0.05) is 17.3 Å². The van der Waals surface area contributed by atoms with Gasteiger partial charge in [-0.15, -0.1) is 0 Å². The molecule has 1 N–H and O–H groups in total. The molecule has 0 saturated heterocycles. The van der Waals surface area contributed by atoms with E-state index in [9.17, 15) is 10.1 Å². The van der Waals surface area contributed by atoms with Crippen LogP contribution in [-0.2, 0) is 4.79 Å². The third kappa shape index (κ3) is 4.74. The fraction of sp³-hybridized carbons (Fsp3) is 0.167. The number of rotatable bonds is 7. The van der Waals surface area contributed by atoms with Crippen LogP contribution in [0.3, 0.4) is 0 Å². The van der Waals surface area contributed by atoms with E-state index in [1.165, 1.54) is 0 Å². The summed E-state index contributed by atoms with van der Waals surface area (Å²) in [5, 5.41) is 14.3. The van der Waals surface area contributed by atoms with Crippen LogP contribution in [0.4, 0.5) is 5.69 Å². The predicted molar refractivity (Wildman–Crippen MR) is 115 cm³/mol. The van der Waals surface area contributed by atoms with Crippen LogP contribution >= 0.6 is 0 Å². The first kappa shape index (κ1) is 20.0. The van der Waals surface area contributed by atoms with Crippen molar-refractivity contribution in [1.82, 2.24) is 0 Å². The van der Waals surface area contributed by atoms with Crippen LogP contribution < -0.4 is 14.8 Å². The summed E-state index contributed by atoms with van der Waals surface area (Å²) >= 11 is 0. The summed E-state index contributed by atoms with van der Waals surface area (Å²) in [7, 11) is 0. The van der Waals surface area contributed by atoms with E-state index in [0.29, 0.717) is 36.0 Å². The highest BCUT2D eigenvalue weighted by molar-refractivity contribution is 6.11. The van der Waals surface area contributed by atoms with E-state index in [2.05, 4.69) is 5.32 Å². The highest BCUT2D eigenvalue weighted by Gasteiger charge is 2.14. The van der Waals surface area contributed by atoms with Gasteiger partial charge in [0.15, 0.2) is 0 Å². The Morgan fingerprint density at radius 1 is 1.03 bits per heavy atom. The average molecular weight is 386 g/mol. The van der Waals surface area contributed by atoms with Crippen molar-refractivity contribution < 1.29 is 14.3 Å². The quantitative estimate of drug-likeness (QED) is 0.448. The fourth-order valence-electron chi connectivity index (χ4n) is 3.03. The first-order valence-corrected chi connectivity index (χ1v) is 9.46. The molecule has 0 spiro atoms. The summed E-state index contributed by atoms with van der Waals surface area (Å²) < 4.78 is 11.2. The second-order valence-electron chi connectivity index (χ2n) is 6.22. The molecule has 3 aromatic rings. The number of ether oxygens (including phenoxy) is 2. The molecule has 29 heavy (non-hydrogen) atoms. The molecular formula is C24H22N2O3. The van der Waals surface area contributed by atoms with Gasteiger partial charge in [-0.3, -0.25) is 4.79 Å². The highest BCUT2D eigenvalue weighted by atomic mass is 16.5. The third-order valence-electron chi connectivity index (χ3n) is 4.29. The highest BCUT2D eigenvalue weighted by Crippen LogP contribution is 2.30. The first-order chi connectivity index (χ1) is 14.2. The molecule has 0 aromatic heterocycles. The normalized spacial score (nSPS) is 11.0. The number of hydrogen-bond acceptors (Lipinski definition) is 4. The SMILES string of the molecule is CCOc1cccc(NC(=O)/C(C#N)=C/c2c(OCC)ccc3ccccc23)c1. The molecule has 0 saturated carbocycles. The average Bonchev–Trinajstić information content (AvgIpc) is 2.73. The molecule has 5 heteroatoms.